The molecule has 0 heterocycles. The Morgan fingerprint density at radius 2 is 0.789 bits per heavy atom. The lowest BCUT2D eigenvalue weighted by atomic mass is 10.4. The molecule has 0 unspecified atom stereocenters. The van der Waals surface area contributed by atoms with E-state index < -0.39 is 0 Å². The standard InChI is InChI=1S/C4H9N.C4H8.C3H7N.3C2H6/c1-4(2)5-3;1-4(2)3;1-3(2)4;3*1-2/h5H,1H2,2-3H3;1H2,2-3H3;1,4H2,2H3;3*1-2H3. The third-order valence-electron chi connectivity index (χ3n) is 0.427. The second-order valence-corrected chi connectivity index (χ2v) is 3.08. The number of hydrogen-bond donors (Lipinski definition) is 2. The van der Waals surface area contributed by atoms with E-state index in [2.05, 4.69) is 25.1 Å². The smallest absolute Gasteiger partial charge is 0.00299 e. The molecular weight excluding hydrogens is 232 g/mol. The van der Waals surface area contributed by atoms with Gasteiger partial charge in [0.2, 0.25) is 0 Å². The van der Waals surface area contributed by atoms with Crippen molar-refractivity contribution in [3.8, 4) is 0 Å². The molecule has 0 aliphatic rings. The molecule has 0 amide bonds. The second-order valence-electron chi connectivity index (χ2n) is 3.08. The Kier molecular flexibility index (Phi) is 103. The van der Waals surface area contributed by atoms with Crippen LogP contribution in [0.15, 0.2) is 36.7 Å². The Morgan fingerprint density at radius 1 is 0.737 bits per heavy atom. The number of nitrogens with one attached hydrogen (secondary N) is 1. The van der Waals surface area contributed by atoms with E-state index >= 15 is 0 Å². The predicted molar refractivity (Wildman–Crippen MR) is 97.4 cm³/mol. The number of rotatable bonds is 1. The molecule has 2 heteroatoms. The van der Waals surface area contributed by atoms with Crippen LogP contribution < -0.4 is 11.1 Å². The van der Waals surface area contributed by atoms with Gasteiger partial charge in [-0.25, -0.2) is 0 Å². The molecule has 0 atom stereocenters. The minimum Gasteiger partial charge on any atom is -0.403 e. The second kappa shape index (κ2) is 54.1. The zero-order chi connectivity index (χ0) is 17.4. The maximum Gasteiger partial charge on any atom is 0.00299 e. The topological polar surface area (TPSA) is 38.0 Å². The van der Waals surface area contributed by atoms with Crippen LogP contribution in [0, 0.1) is 0 Å². The molecule has 0 spiro atoms. The molecule has 2 nitrogen and oxygen atoms in total. The fourth-order valence-corrected chi connectivity index (χ4v) is 0. The van der Waals surface area contributed by atoms with Crippen molar-refractivity contribution in [2.75, 3.05) is 7.05 Å². The summed E-state index contributed by atoms with van der Waals surface area (Å²) in [4.78, 5) is 0. The summed E-state index contributed by atoms with van der Waals surface area (Å²) in [6, 6.07) is 0. The van der Waals surface area contributed by atoms with Crippen LogP contribution in [0.2, 0.25) is 0 Å². The highest BCUT2D eigenvalue weighted by molar-refractivity contribution is 4.80. The van der Waals surface area contributed by atoms with Gasteiger partial charge in [-0.05, 0) is 39.1 Å². The highest BCUT2D eigenvalue weighted by Crippen LogP contribution is 1.73. The van der Waals surface area contributed by atoms with Gasteiger partial charge >= 0.3 is 0 Å². The van der Waals surface area contributed by atoms with Gasteiger partial charge in [0.25, 0.3) is 0 Å². The molecule has 0 rings (SSSR count). The number of allylic oxidation sites excluding steroid dienone is 3. The van der Waals surface area contributed by atoms with Gasteiger partial charge in [-0.2, -0.15) is 0 Å². The Labute approximate surface area is 124 Å². The molecule has 0 bridgehead atoms. The molecule has 0 aliphatic heterocycles. The first-order valence-electron chi connectivity index (χ1n) is 7.10. The molecule has 19 heavy (non-hydrogen) atoms. The van der Waals surface area contributed by atoms with Crippen molar-refractivity contribution in [2.24, 2.45) is 5.73 Å². The maximum absolute atomic E-state index is 4.92. The van der Waals surface area contributed by atoms with Crippen LogP contribution in [0.4, 0.5) is 0 Å². The quantitative estimate of drug-likeness (QED) is 0.586. The summed E-state index contributed by atoms with van der Waals surface area (Å²) < 4.78 is 0. The fraction of sp³-hybridized carbons (Fsp3) is 0.647. The number of hydrogen-bond acceptors (Lipinski definition) is 2. The van der Waals surface area contributed by atoms with Gasteiger partial charge in [-0.15, -0.1) is 6.58 Å². The summed E-state index contributed by atoms with van der Waals surface area (Å²) in [6.45, 7) is 30.1. The summed E-state index contributed by atoms with van der Waals surface area (Å²) >= 11 is 0. The first-order valence-corrected chi connectivity index (χ1v) is 7.10. The molecule has 0 radical (unpaired) electrons. The van der Waals surface area contributed by atoms with Crippen LogP contribution in [0.3, 0.4) is 0 Å². The van der Waals surface area contributed by atoms with E-state index in [1.165, 1.54) is 5.57 Å². The summed E-state index contributed by atoms with van der Waals surface area (Å²) in [5.74, 6) is 0. The molecule has 3 N–H and O–H groups in total. The van der Waals surface area contributed by atoms with Crippen molar-refractivity contribution in [1.29, 1.82) is 0 Å². The van der Waals surface area contributed by atoms with Gasteiger partial charge in [0.05, 0.1) is 0 Å². The van der Waals surface area contributed by atoms with Crippen LogP contribution >= 0.6 is 0 Å². The van der Waals surface area contributed by atoms with Gasteiger partial charge in [0.15, 0.2) is 0 Å². The first kappa shape index (κ1) is 36.1. The van der Waals surface area contributed by atoms with Gasteiger partial charge in [0, 0.05) is 7.05 Å². The van der Waals surface area contributed by atoms with Crippen molar-refractivity contribution in [3.63, 3.8) is 0 Å². The van der Waals surface area contributed by atoms with Gasteiger partial charge in [-0.1, -0.05) is 60.3 Å². The van der Waals surface area contributed by atoms with Gasteiger partial charge in [0.1, 0.15) is 0 Å². The molecule has 120 valence electrons. The zero-order valence-electron chi connectivity index (χ0n) is 15.7. The van der Waals surface area contributed by atoms with E-state index in [-0.39, 0.29) is 0 Å². The summed E-state index contributed by atoms with van der Waals surface area (Å²) in [7, 11) is 1.85. The van der Waals surface area contributed by atoms with E-state index in [4.69, 9.17) is 5.73 Å². The minimum atomic E-state index is 0.667. The Hall–Kier alpha value is -1.18. The lowest BCUT2D eigenvalue weighted by Gasteiger charge is -1.87. The van der Waals surface area contributed by atoms with Gasteiger partial charge < -0.3 is 11.1 Å². The van der Waals surface area contributed by atoms with Gasteiger partial charge in [-0.3, -0.25) is 0 Å². The number of nitrogens with two attached hydrogens (primary N) is 1. The zero-order valence-corrected chi connectivity index (χ0v) is 15.7. The Balaban J connectivity index is -0.0000000280. The normalized spacial score (nSPS) is 5.42. The maximum atomic E-state index is 4.92. The summed E-state index contributed by atoms with van der Waals surface area (Å²) in [6.07, 6.45) is 0. The summed E-state index contributed by atoms with van der Waals surface area (Å²) in [5, 5.41) is 2.83. The predicted octanol–water partition coefficient (Wildman–Crippen LogP) is 5.88. The largest absolute Gasteiger partial charge is 0.403 e. The highest BCUT2D eigenvalue weighted by Gasteiger charge is 1.62. The van der Waals surface area contributed by atoms with Crippen LogP contribution in [-0.4, -0.2) is 7.05 Å². The fourth-order valence-electron chi connectivity index (χ4n) is 0. The molecular formula is C17H42N2. The van der Waals surface area contributed by atoms with E-state index in [1.54, 1.807) is 6.92 Å². The van der Waals surface area contributed by atoms with Crippen LogP contribution in [0.1, 0.15) is 69.2 Å². The highest BCUT2D eigenvalue weighted by atomic mass is 14.8. The van der Waals surface area contributed by atoms with E-state index in [0.717, 1.165) is 5.70 Å². The lowest BCUT2D eigenvalue weighted by Crippen LogP contribution is -1.98. The minimum absolute atomic E-state index is 0.667. The van der Waals surface area contributed by atoms with Crippen molar-refractivity contribution in [3.05, 3.63) is 36.7 Å². The molecule has 0 aromatic rings. The van der Waals surface area contributed by atoms with Crippen molar-refractivity contribution in [1.82, 2.24) is 5.32 Å². The third kappa shape index (κ3) is 5490. The molecule has 0 saturated carbocycles. The van der Waals surface area contributed by atoms with Crippen molar-refractivity contribution < 1.29 is 0 Å². The molecule has 0 fully saturated rings. The first-order chi connectivity index (χ1) is 8.73. The monoisotopic (exact) mass is 274 g/mol. The van der Waals surface area contributed by atoms with E-state index in [0.29, 0.717) is 5.70 Å². The average Bonchev–Trinajstić information content (AvgIpc) is 2.35. The van der Waals surface area contributed by atoms with Crippen molar-refractivity contribution in [2.45, 2.75) is 69.2 Å². The van der Waals surface area contributed by atoms with E-state index in [9.17, 15) is 0 Å². The van der Waals surface area contributed by atoms with E-state index in [1.807, 2.05) is 69.4 Å². The third-order valence-corrected chi connectivity index (χ3v) is 0.427. The average molecular weight is 275 g/mol. The van der Waals surface area contributed by atoms with Crippen LogP contribution in [0.5, 0.6) is 0 Å². The molecule has 0 aromatic carbocycles. The Morgan fingerprint density at radius 3 is 0.789 bits per heavy atom. The summed E-state index contributed by atoms with van der Waals surface area (Å²) in [5.41, 5.74) is 7.75. The Bertz CT molecular complexity index is 139. The SMILES string of the molecule is C=C(C)C.C=C(C)N.C=C(C)NC.CC.CC.CC. The van der Waals surface area contributed by atoms with Crippen LogP contribution in [0.25, 0.3) is 0 Å². The molecule has 0 aromatic heterocycles. The molecule has 0 saturated heterocycles. The molecule has 0 aliphatic carbocycles. The lowest BCUT2D eigenvalue weighted by molar-refractivity contribution is 0.999. The van der Waals surface area contributed by atoms with Crippen molar-refractivity contribution >= 4 is 0 Å². The van der Waals surface area contributed by atoms with Crippen LogP contribution in [-0.2, 0) is 0 Å².